The van der Waals surface area contributed by atoms with Gasteiger partial charge in [0.15, 0.2) is 11.6 Å². The Balaban J connectivity index is 1.97. The number of rotatable bonds is 6. The Morgan fingerprint density at radius 2 is 2.14 bits per heavy atom. The van der Waals surface area contributed by atoms with Crippen molar-refractivity contribution in [2.24, 2.45) is 0 Å². The van der Waals surface area contributed by atoms with Crippen LogP contribution in [-0.2, 0) is 11.3 Å². The Morgan fingerprint density at radius 3 is 2.73 bits per heavy atom. The lowest BCUT2D eigenvalue weighted by Crippen LogP contribution is -2.06. The van der Waals surface area contributed by atoms with E-state index in [4.69, 9.17) is 9.47 Å². The molecule has 0 bridgehead atoms. The van der Waals surface area contributed by atoms with Crippen molar-refractivity contribution in [2.45, 2.75) is 13.5 Å². The summed E-state index contributed by atoms with van der Waals surface area (Å²) in [5.41, 5.74) is 1.15. The van der Waals surface area contributed by atoms with Gasteiger partial charge in [0.2, 0.25) is 0 Å². The third kappa shape index (κ3) is 3.94. The van der Waals surface area contributed by atoms with Crippen LogP contribution in [0, 0.1) is 5.82 Å². The molecule has 0 aliphatic heterocycles. The van der Waals surface area contributed by atoms with Crippen LogP contribution in [0.4, 0.5) is 10.2 Å². The minimum absolute atomic E-state index is 0.209. The highest BCUT2D eigenvalue weighted by Crippen LogP contribution is 2.18. The van der Waals surface area contributed by atoms with E-state index in [0.717, 1.165) is 5.56 Å². The second-order valence-electron chi connectivity index (χ2n) is 4.48. The minimum Gasteiger partial charge on any atom is -0.494 e. The highest BCUT2D eigenvalue weighted by Gasteiger charge is 2.07. The van der Waals surface area contributed by atoms with Gasteiger partial charge < -0.3 is 14.8 Å². The van der Waals surface area contributed by atoms with Gasteiger partial charge in [-0.15, -0.1) is 0 Å². The number of aromatic nitrogens is 1. The molecule has 0 saturated carbocycles. The number of anilines is 1. The Kier molecular flexibility index (Phi) is 5.30. The van der Waals surface area contributed by atoms with E-state index >= 15 is 0 Å². The molecule has 0 aliphatic rings. The number of hydrogen-bond donors (Lipinski definition) is 1. The molecule has 0 radical (unpaired) electrons. The van der Waals surface area contributed by atoms with Crippen molar-refractivity contribution >= 4 is 11.8 Å². The first kappa shape index (κ1) is 15.8. The highest BCUT2D eigenvalue weighted by molar-refractivity contribution is 5.89. The van der Waals surface area contributed by atoms with Crippen LogP contribution in [0.5, 0.6) is 5.75 Å². The topological polar surface area (TPSA) is 60.5 Å². The maximum absolute atomic E-state index is 13.6. The van der Waals surface area contributed by atoms with Crippen LogP contribution < -0.4 is 10.1 Å². The van der Waals surface area contributed by atoms with Gasteiger partial charge in [0, 0.05) is 12.7 Å². The van der Waals surface area contributed by atoms with Crippen molar-refractivity contribution in [1.29, 1.82) is 0 Å². The number of benzene rings is 1. The molecule has 1 aromatic heterocycles. The smallest absolute Gasteiger partial charge is 0.339 e. The van der Waals surface area contributed by atoms with Crippen molar-refractivity contribution in [3.8, 4) is 5.75 Å². The summed E-state index contributed by atoms with van der Waals surface area (Å²) in [5, 5.41) is 3.05. The molecule has 0 spiro atoms. The van der Waals surface area contributed by atoms with Crippen molar-refractivity contribution in [3.63, 3.8) is 0 Å². The summed E-state index contributed by atoms with van der Waals surface area (Å²) in [7, 11) is 1.42. The van der Waals surface area contributed by atoms with Crippen LogP contribution in [0.2, 0.25) is 0 Å². The maximum Gasteiger partial charge on any atom is 0.339 e. The molecule has 2 rings (SSSR count). The summed E-state index contributed by atoms with van der Waals surface area (Å²) in [5.74, 6) is -0.0175. The number of pyridine rings is 1. The van der Waals surface area contributed by atoms with E-state index < -0.39 is 11.8 Å². The van der Waals surface area contributed by atoms with Crippen LogP contribution in [0.25, 0.3) is 0 Å². The molecule has 0 fully saturated rings. The van der Waals surface area contributed by atoms with Gasteiger partial charge in [-0.05, 0) is 36.8 Å². The average Bonchev–Trinajstić information content (AvgIpc) is 2.54. The molecule has 0 amide bonds. The predicted molar refractivity (Wildman–Crippen MR) is 80.5 cm³/mol. The molecule has 0 unspecified atom stereocenters. The molecule has 116 valence electrons. The van der Waals surface area contributed by atoms with Crippen molar-refractivity contribution in [2.75, 3.05) is 19.0 Å². The van der Waals surface area contributed by atoms with Gasteiger partial charge in [-0.25, -0.2) is 14.2 Å². The molecule has 1 heterocycles. The lowest BCUT2D eigenvalue weighted by molar-refractivity contribution is 0.0526. The van der Waals surface area contributed by atoms with E-state index in [1.54, 1.807) is 31.2 Å². The number of esters is 1. The number of halogens is 1. The molecule has 0 saturated heterocycles. The number of hydrogen-bond acceptors (Lipinski definition) is 5. The summed E-state index contributed by atoms with van der Waals surface area (Å²) >= 11 is 0. The molecule has 0 atom stereocenters. The molecular weight excluding hydrogens is 287 g/mol. The first-order valence-corrected chi connectivity index (χ1v) is 6.83. The first-order valence-electron chi connectivity index (χ1n) is 6.83. The zero-order valence-corrected chi connectivity index (χ0v) is 12.4. The van der Waals surface area contributed by atoms with E-state index in [0.29, 0.717) is 24.5 Å². The number of nitrogens with zero attached hydrogens (tertiary/aromatic N) is 1. The zero-order chi connectivity index (χ0) is 15.9. The Labute approximate surface area is 128 Å². The zero-order valence-electron chi connectivity index (χ0n) is 12.4. The molecule has 2 aromatic rings. The molecule has 1 aromatic carbocycles. The fourth-order valence-corrected chi connectivity index (χ4v) is 1.85. The summed E-state index contributed by atoms with van der Waals surface area (Å²) in [6, 6.07) is 8.04. The largest absolute Gasteiger partial charge is 0.494 e. The fraction of sp³-hybridized carbons (Fsp3) is 0.250. The van der Waals surface area contributed by atoms with E-state index in [1.165, 1.54) is 19.4 Å². The van der Waals surface area contributed by atoms with Crippen LogP contribution >= 0.6 is 0 Å². The van der Waals surface area contributed by atoms with E-state index in [-0.39, 0.29) is 5.75 Å². The van der Waals surface area contributed by atoms with Gasteiger partial charge in [0.1, 0.15) is 5.82 Å². The van der Waals surface area contributed by atoms with Gasteiger partial charge in [-0.1, -0.05) is 6.07 Å². The van der Waals surface area contributed by atoms with E-state index in [1.807, 2.05) is 0 Å². The van der Waals surface area contributed by atoms with Crippen molar-refractivity contribution in [3.05, 3.63) is 53.5 Å². The summed E-state index contributed by atoms with van der Waals surface area (Å²) in [6.07, 6.45) is 1.44. The number of carbonyl (C=O) groups excluding carboxylic acids is 1. The SMILES string of the molecule is CCOC(=O)c1ccc(NCc2ccc(OC)c(F)c2)nc1. The monoisotopic (exact) mass is 304 g/mol. The van der Waals surface area contributed by atoms with Gasteiger partial charge in [0.25, 0.3) is 0 Å². The van der Waals surface area contributed by atoms with Gasteiger partial charge in [0.05, 0.1) is 19.3 Å². The standard InChI is InChI=1S/C16H17FN2O3/c1-3-22-16(20)12-5-7-15(19-10-12)18-9-11-4-6-14(21-2)13(17)8-11/h4-8,10H,3,9H2,1-2H3,(H,18,19). The fourth-order valence-electron chi connectivity index (χ4n) is 1.85. The quantitative estimate of drug-likeness (QED) is 0.831. The second kappa shape index (κ2) is 7.40. The van der Waals surface area contributed by atoms with Crippen LogP contribution in [0.15, 0.2) is 36.5 Å². The molecule has 22 heavy (non-hydrogen) atoms. The second-order valence-corrected chi connectivity index (χ2v) is 4.48. The van der Waals surface area contributed by atoms with E-state index in [9.17, 15) is 9.18 Å². The Hall–Kier alpha value is -2.63. The third-order valence-electron chi connectivity index (χ3n) is 2.96. The van der Waals surface area contributed by atoms with Crippen molar-refractivity contribution < 1.29 is 18.7 Å². The van der Waals surface area contributed by atoms with Gasteiger partial charge in [-0.3, -0.25) is 0 Å². The lowest BCUT2D eigenvalue weighted by Gasteiger charge is -2.08. The average molecular weight is 304 g/mol. The summed E-state index contributed by atoms with van der Waals surface area (Å²) < 4.78 is 23.3. The normalized spacial score (nSPS) is 10.1. The Bertz CT molecular complexity index is 644. The first-order chi connectivity index (χ1) is 10.6. The van der Waals surface area contributed by atoms with Gasteiger partial charge >= 0.3 is 5.97 Å². The molecule has 6 heteroatoms. The third-order valence-corrected chi connectivity index (χ3v) is 2.96. The van der Waals surface area contributed by atoms with Gasteiger partial charge in [-0.2, -0.15) is 0 Å². The highest BCUT2D eigenvalue weighted by atomic mass is 19.1. The predicted octanol–water partition coefficient (Wildman–Crippen LogP) is 3.02. The number of carbonyl (C=O) groups is 1. The minimum atomic E-state index is -0.410. The molecule has 1 N–H and O–H groups in total. The number of methoxy groups -OCH3 is 1. The maximum atomic E-state index is 13.6. The summed E-state index contributed by atoms with van der Waals surface area (Å²) in [4.78, 5) is 15.6. The van der Waals surface area contributed by atoms with Crippen LogP contribution in [0.3, 0.4) is 0 Å². The van der Waals surface area contributed by atoms with Crippen LogP contribution in [0.1, 0.15) is 22.8 Å². The molecule has 5 nitrogen and oxygen atoms in total. The van der Waals surface area contributed by atoms with Crippen LogP contribution in [-0.4, -0.2) is 24.7 Å². The molecule has 0 aliphatic carbocycles. The molecular formula is C16H17FN2O3. The van der Waals surface area contributed by atoms with Crippen molar-refractivity contribution in [1.82, 2.24) is 4.98 Å². The summed E-state index contributed by atoms with van der Waals surface area (Å²) in [6.45, 7) is 2.48. The lowest BCUT2D eigenvalue weighted by atomic mass is 10.2. The van der Waals surface area contributed by atoms with E-state index in [2.05, 4.69) is 10.3 Å². The number of ether oxygens (including phenoxy) is 2. The Morgan fingerprint density at radius 1 is 1.32 bits per heavy atom. The number of nitrogens with one attached hydrogen (secondary N) is 1.